The number of benzene rings is 1. The molecule has 1 aromatic carbocycles. The molecular weight excluding hydrogens is 380 g/mol. The van der Waals surface area contributed by atoms with Gasteiger partial charge in [0.1, 0.15) is 11.9 Å². The van der Waals surface area contributed by atoms with Crippen LogP contribution in [0.2, 0.25) is 0 Å². The van der Waals surface area contributed by atoms with Crippen LogP contribution in [0, 0.1) is 38.7 Å². The largest absolute Gasteiger partial charge is 0.490 e. The predicted molar refractivity (Wildman–Crippen MR) is 113 cm³/mol. The van der Waals surface area contributed by atoms with E-state index >= 15 is 0 Å². The summed E-state index contributed by atoms with van der Waals surface area (Å²) in [6.07, 6.45) is 8.79. The maximum absolute atomic E-state index is 12.0. The molecule has 1 saturated heterocycles. The molecule has 0 bridgehead atoms. The van der Waals surface area contributed by atoms with E-state index in [0.717, 1.165) is 31.4 Å². The molecule has 0 aromatic heterocycles. The Morgan fingerprint density at radius 1 is 1.00 bits per heavy atom. The van der Waals surface area contributed by atoms with Gasteiger partial charge in [0.15, 0.2) is 0 Å². The van der Waals surface area contributed by atoms with E-state index in [2.05, 4.69) is 19.2 Å². The summed E-state index contributed by atoms with van der Waals surface area (Å²) in [5.41, 5.74) is 0.488. The van der Waals surface area contributed by atoms with Crippen LogP contribution in [-0.2, 0) is 4.79 Å². The number of ether oxygens (including phenoxy) is 1. The van der Waals surface area contributed by atoms with Crippen LogP contribution in [0.4, 0.5) is 5.69 Å². The summed E-state index contributed by atoms with van der Waals surface area (Å²) in [5.74, 6) is 3.03. The number of carbonyl (C=O) groups is 1. The summed E-state index contributed by atoms with van der Waals surface area (Å²) < 4.78 is 6.43. The van der Waals surface area contributed by atoms with Crippen molar-refractivity contribution in [2.24, 2.45) is 28.6 Å². The zero-order valence-corrected chi connectivity index (χ0v) is 17.9. The Hall–Kier alpha value is -2.11. The van der Waals surface area contributed by atoms with Crippen LogP contribution in [0.25, 0.3) is 0 Å². The fourth-order valence-electron chi connectivity index (χ4n) is 7.66. The molecule has 1 amide bonds. The third kappa shape index (κ3) is 2.94. The van der Waals surface area contributed by atoms with Crippen LogP contribution in [-0.4, -0.2) is 23.0 Å². The molecule has 3 saturated carbocycles. The fraction of sp³-hybridized carbons (Fsp3) is 0.708. The van der Waals surface area contributed by atoms with Crippen LogP contribution in [0.15, 0.2) is 24.3 Å². The van der Waals surface area contributed by atoms with Gasteiger partial charge in [0.25, 0.3) is 5.69 Å². The molecule has 0 spiro atoms. The van der Waals surface area contributed by atoms with Gasteiger partial charge in [-0.3, -0.25) is 14.9 Å². The topological polar surface area (TPSA) is 81.5 Å². The highest BCUT2D eigenvalue weighted by Crippen LogP contribution is 2.64. The number of rotatable bonds is 3. The van der Waals surface area contributed by atoms with E-state index in [4.69, 9.17) is 4.74 Å². The maximum atomic E-state index is 12.0. The highest BCUT2D eigenvalue weighted by Gasteiger charge is 2.61. The summed E-state index contributed by atoms with van der Waals surface area (Å²) in [6.45, 7) is 4.84. The van der Waals surface area contributed by atoms with Crippen LogP contribution in [0.5, 0.6) is 5.75 Å². The number of nitro benzene ring substituents is 1. The minimum Gasteiger partial charge on any atom is -0.490 e. The molecule has 162 valence electrons. The molecule has 1 N–H and O–H groups in total. The summed E-state index contributed by atoms with van der Waals surface area (Å²) in [7, 11) is 0. The summed E-state index contributed by atoms with van der Waals surface area (Å²) in [5, 5.41) is 14.2. The highest BCUT2D eigenvalue weighted by atomic mass is 16.6. The van der Waals surface area contributed by atoms with Crippen molar-refractivity contribution in [2.45, 2.75) is 77.4 Å². The van der Waals surface area contributed by atoms with E-state index < -0.39 is 0 Å². The molecule has 4 aliphatic rings. The van der Waals surface area contributed by atoms with E-state index in [1.165, 1.54) is 31.4 Å². The van der Waals surface area contributed by atoms with E-state index in [1.54, 1.807) is 12.1 Å². The van der Waals surface area contributed by atoms with Crippen molar-refractivity contribution in [3.05, 3.63) is 34.4 Å². The molecule has 0 radical (unpaired) electrons. The average molecular weight is 413 g/mol. The Labute approximate surface area is 177 Å². The first-order valence-corrected chi connectivity index (χ1v) is 11.5. The molecule has 6 nitrogen and oxygen atoms in total. The Morgan fingerprint density at radius 3 is 2.47 bits per heavy atom. The minimum absolute atomic E-state index is 0.0999. The van der Waals surface area contributed by atoms with E-state index in [0.29, 0.717) is 30.2 Å². The molecule has 6 heteroatoms. The third-order valence-electron chi connectivity index (χ3n) is 9.33. The molecule has 5 rings (SSSR count). The lowest BCUT2D eigenvalue weighted by molar-refractivity contribution is -0.384. The average Bonchev–Trinajstić information content (AvgIpc) is 3.05. The fourth-order valence-corrected chi connectivity index (χ4v) is 7.66. The van der Waals surface area contributed by atoms with Crippen molar-refractivity contribution in [1.82, 2.24) is 5.32 Å². The van der Waals surface area contributed by atoms with Gasteiger partial charge in [-0.25, -0.2) is 0 Å². The lowest BCUT2D eigenvalue weighted by Crippen LogP contribution is -2.61. The number of hydrogen-bond donors (Lipinski definition) is 1. The Balaban J connectivity index is 1.34. The number of amides is 1. The van der Waals surface area contributed by atoms with Crippen LogP contribution < -0.4 is 10.1 Å². The zero-order chi connectivity index (χ0) is 21.1. The van der Waals surface area contributed by atoms with Gasteiger partial charge in [0.2, 0.25) is 5.91 Å². The number of non-ortho nitro benzene ring substituents is 1. The van der Waals surface area contributed by atoms with Crippen molar-refractivity contribution >= 4 is 11.6 Å². The second-order valence-electron chi connectivity index (χ2n) is 10.6. The van der Waals surface area contributed by atoms with Crippen LogP contribution in [0.1, 0.15) is 65.2 Å². The number of nitro groups is 1. The normalized spacial score (nSPS) is 42.5. The third-order valence-corrected chi connectivity index (χ3v) is 9.33. The van der Waals surface area contributed by atoms with Gasteiger partial charge >= 0.3 is 0 Å². The number of fused-ring (bicyclic) bond motifs is 5. The van der Waals surface area contributed by atoms with Gasteiger partial charge < -0.3 is 10.1 Å². The van der Waals surface area contributed by atoms with Gasteiger partial charge in [0.05, 0.1) is 4.92 Å². The number of nitrogens with one attached hydrogen (secondary N) is 1. The van der Waals surface area contributed by atoms with Gasteiger partial charge in [0, 0.05) is 30.0 Å². The molecule has 1 heterocycles. The van der Waals surface area contributed by atoms with Gasteiger partial charge in [-0.15, -0.1) is 0 Å². The van der Waals surface area contributed by atoms with Crippen molar-refractivity contribution in [2.75, 3.05) is 0 Å². The first-order chi connectivity index (χ1) is 14.3. The Kier molecular flexibility index (Phi) is 4.60. The molecule has 7 atom stereocenters. The van der Waals surface area contributed by atoms with E-state index in [9.17, 15) is 14.9 Å². The first-order valence-electron chi connectivity index (χ1n) is 11.5. The molecule has 1 aliphatic heterocycles. The monoisotopic (exact) mass is 412 g/mol. The standard InChI is InChI=1S/C24H32N2O4/c1-23-14-12-22(27)25-20(23)9-7-17-18-8-10-21(24(18,2)13-11-19(17)23)30-16-5-3-15(4-6-16)26(28)29/h3-6,17-21H,7-14H2,1-2H3,(H,25,27)/t17-,18-,19-,20+,21-,23+,24-/m0/s1. The number of hydrogen-bond acceptors (Lipinski definition) is 4. The van der Waals surface area contributed by atoms with Crippen molar-refractivity contribution in [3.8, 4) is 5.75 Å². The number of piperidine rings is 1. The van der Waals surface area contributed by atoms with Crippen LogP contribution >= 0.6 is 0 Å². The number of carbonyl (C=O) groups excluding carboxylic acids is 1. The van der Waals surface area contributed by atoms with E-state index in [-0.39, 0.29) is 33.5 Å². The minimum atomic E-state index is -0.372. The van der Waals surface area contributed by atoms with E-state index in [1.807, 2.05) is 0 Å². The lowest BCUT2D eigenvalue weighted by atomic mass is 9.47. The molecule has 0 unspecified atom stereocenters. The summed E-state index contributed by atoms with van der Waals surface area (Å²) in [6, 6.07) is 6.87. The lowest BCUT2D eigenvalue weighted by Gasteiger charge is -2.60. The second-order valence-corrected chi connectivity index (χ2v) is 10.6. The quantitative estimate of drug-likeness (QED) is 0.568. The Bertz CT molecular complexity index is 855. The summed E-state index contributed by atoms with van der Waals surface area (Å²) in [4.78, 5) is 22.5. The van der Waals surface area contributed by atoms with Crippen molar-refractivity contribution in [3.63, 3.8) is 0 Å². The molecule has 1 aromatic rings. The molecule has 30 heavy (non-hydrogen) atoms. The smallest absolute Gasteiger partial charge is 0.269 e. The van der Waals surface area contributed by atoms with Gasteiger partial charge in [-0.1, -0.05) is 13.8 Å². The maximum Gasteiger partial charge on any atom is 0.269 e. The second kappa shape index (κ2) is 6.96. The van der Waals surface area contributed by atoms with Gasteiger partial charge in [-0.05, 0) is 80.2 Å². The molecule has 3 aliphatic carbocycles. The van der Waals surface area contributed by atoms with Crippen molar-refractivity contribution < 1.29 is 14.5 Å². The molecule has 4 fully saturated rings. The van der Waals surface area contributed by atoms with Crippen molar-refractivity contribution in [1.29, 1.82) is 0 Å². The van der Waals surface area contributed by atoms with Gasteiger partial charge in [-0.2, -0.15) is 0 Å². The molecular formula is C24H32N2O4. The Morgan fingerprint density at radius 2 is 1.73 bits per heavy atom. The zero-order valence-electron chi connectivity index (χ0n) is 17.9. The highest BCUT2D eigenvalue weighted by molar-refractivity contribution is 5.77. The predicted octanol–water partition coefficient (Wildman–Crippen LogP) is 4.86. The van der Waals surface area contributed by atoms with Crippen LogP contribution in [0.3, 0.4) is 0 Å². The number of nitrogens with zero attached hydrogens (tertiary/aromatic N) is 1. The summed E-state index contributed by atoms with van der Waals surface area (Å²) >= 11 is 0. The SMILES string of the molecule is C[C@]12CCC(=O)N[C@@H]1CC[C@@H]1[C@@H]2CC[C@]2(C)[C@@H](Oc3ccc([N+](=O)[O-])cc3)CC[C@@H]12. The first kappa shape index (κ1) is 19.8.